The van der Waals surface area contributed by atoms with Crippen LogP contribution in [0.3, 0.4) is 0 Å². The monoisotopic (exact) mass is 403 g/mol. The van der Waals surface area contributed by atoms with Crippen molar-refractivity contribution in [1.29, 1.82) is 0 Å². The molecule has 0 amide bonds. The Morgan fingerprint density at radius 2 is 2.00 bits per heavy atom. The van der Waals surface area contributed by atoms with Gasteiger partial charge in [-0.05, 0) is 32.4 Å². The molecule has 0 aliphatic carbocycles. The predicted octanol–water partition coefficient (Wildman–Crippen LogP) is 4.66. The van der Waals surface area contributed by atoms with E-state index in [0.717, 1.165) is 37.6 Å². The van der Waals surface area contributed by atoms with Gasteiger partial charge in [0, 0.05) is 16.0 Å². The van der Waals surface area contributed by atoms with E-state index in [0.29, 0.717) is 13.1 Å². The molecule has 27 heavy (non-hydrogen) atoms. The van der Waals surface area contributed by atoms with Crippen LogP contribution in [0.2, 0.25) is 0 Å². The summed E-state index contributed by atoms with van der Waals surface area (Å²) in [6.07, 6.45) is 0. The first-order valence-electron chi connectivity index (χ1n) is 9.09. The van der Waals surface area contributed by atoms with Crippen LogP contribution in [-0.4, -0.2) is 31.5 Å². The van der Waals surface area contributed by atoms with E-state index in [4.69, 9.17) is 10.1 Å². The van der Waals surface area contributed by atoms with E-state index < -0.39 is 0 Å². The van der Waals surface area contributed by atoms with Gasteiger partial charge in [0.1, 0.15) is 4.83 Å². The summed E-state index contributed by atoms with van der Waals surface area (Å²) in [7, 11) is 0. The van der Waals surface area contributed by atoms with Crippen LogP contribution in [0.5, 0.6) is 0 Å². The van der Waals surface area contributed by atoms with Gasteiger partial charge in [-0.15, -0.1) is 22.7 Å². The highest BCUT2D eigenvalue weighted by molar-refractivity contribution is 7.26. The molecule has 144 valence electrons. The summed E-state index contributed by atoms with van der Waals surface area (Å²) < 4.78 is 2.98. The SMILES string of the molecule is CC.Cc1cc(C)c2c(n1)sc1c(NCc3scnc3C)nn(CCO)c12. The van der Waals surface area contributed by atoms with Crippen molar-refractivity contribution in [2.45, 2.75) is 47.7 Å². The van der Waals surface area contributed by atoms with Gasteiger partial charge >= 0.3 is 0 Å². The van der Waals surface area contributed by atoms with Gasteiger partial charge in [-0.2, -0.15) is 5.10 Å². The van der Waals surface area contributed by atoms with Crippen LogP contribution in [-0.2, 0) is 13.1 Å². The molecule has 8 heteroatoms. The molecule has 0 aromatic carbocycles. The summed E-state index contributed by atoms with van der Waals surface area (Å²) in [5, 5.41) is 18.7. The summed E-state index contributed by atoms with van der Waals surface area (Å²) in [4.78, 5) is 11.2. The molecular weight excluding hydrogens is 378 g/mol. The highest BCUT2D eigenvalue weighted by Gasteiger charge is 2.19. The first kappa shape index (κ1) is 19.7. The second-order valence-corrected chi connectivity index (χ2v) is 7.99. The standard InChI is InChI=1S/C17H19N5OS2.C2H6/c1-9-6-10(2)20-17-13(9)14-15(25-17)16(21-22(14)4-5-23)18-7-12-11(3)19-8-24-12;1-2/h6,8,23H,4-5,7H2,1-3H3,(H,18,21);1-2H3. The molecule has 4 rings (SSSR count). The Kier molecular flexibility index (Phi) is 6.08. The molecule has 0 fully saturated rings. The molecule has 0 bridgehead atoms. The zero-order chi connectivity index (χ0) is 19.6. The number of anilines is 1. The van der Waals surface area contributed by atoms with Crippen LogP contribution in [0.4, 0.5) is 5.82 Å². The maximum atomic E-state index is 9.43. The number of aryl methyl sites for hydroxylation is 3. The highest BCUT2D eigenvalue weighted by atomic mass is 32.1. The Balaban J connectivity index is 0.00000102. The molecule has 0 aliphatic heterocycles. The van der Waals surface area contributed by atoms with Crippen molar-refractivity contribution in [3.8, 4) is 0 Å². The second kappa shape index (κ2) is 8.33. The van der Waals surface area contributed by atoms with Crippen molar-refractivity contribution in [1.82, 2.24) is 19.7 Å². The summed E-state index contributed by atoms with van der Waals surface area (Å²) in [5.41, 5.74) is 6.18. The van der Waals surface area contributed by atoms with E-state index in [1.807, 2.05) is 37.9 Å². The van der Waals surface area contributed by atoms with Crippen LogP contribution in [0.25, 0.3) is 20.4 Å². The lowest BCUT2D eigenvalue weighted by Gasteiger charge is -2.04. The van der Waals surface area contributed by atoms with Gasteiger partial charge in [0.2, 0.25) is 0 Å². The maximum absolute atomic E-state index is 9.43. The maximum Gasteiger partial charge on any atom is 0.166 e. The molecule has 0 spiro atoms. The van der Waals surface area contributed by atoms with Crippen molar-refractivity contribution in [2.75, 3.05) is 11.9 Å². The van der Waals surface area contributed by atoms with Gasteiger partial charge in [-0.1, -0.05) is 13.8 Å². The fraction of sp³-hybridized carbons (Fsp3) is 0.421. The minimum absolute atomic E-state index is 0.0554. The Morgan fingerprint density at radius 3 is 2.67 bits per heavy atom. The van der Waals surface area contributed by atoms with Gasteiger partial charge in [-0.25, -0.2) is 9.97 Å². The summed E-state index contributed by atoms with van der Waals surface area (Å²) in [6, 6.07) is 2.10. The van der Waals surface area contributed by atoms with E-state index >= 15 is 0 Å². The molecule has 0 unspecified atom stereocenters. The van der Waals surface area contributed by atoms with Gasteiger partial charge in [0.15, 0.2) is 5.82 Å². The van der Waals surface area contributed by atoms with E-state index in [1.165, 1.54) is 10.4 Å². The first-order chi connectivity index (χ1) is 13.1. The normalized spacial score (nSPS) is 11.0. The quantitative estimate of drug-likeness (QED) is 0.507. The summed E-state index contributed by atoms with van der Waals surface area (Å²) in [6.45, 7) is 11.4. The average Bonchev–Trinajstić information content (AvgIpc) is 3.30. The number of fused-ring (bicyclic) bond motifs is 3. The molecule has 4 aromatic rings. The molecule has 6 nitrogen and oxygen atoms in total. The van der Waals surface area contributed by atoms with Crippen LogP contribution in [0, 0.1) is 20.8 Å². The lowest BCUT2D eigenvalue weighted by atomic mass is 10.1. The number of nitrogens with zero attached hydrogens (tertiary/aromatic N) is 4. The number of aliphatic hydroxyl groups excluding tert-OH is 1. The van der Waals surface area contributed by atoms with Crippen LogP contribution in [0.1, 0.15) is 35.7 Å². The summed E-state index contributed by atoms with van der Waals surface area (Å²) in [5.74, 6) is 0.844. The number of rotatable bonds is 5. The molecule has 0 aliphatic rings. The van der Waals surface area contributed by atoms with E-state index in [9.17, 15) is 5.11 Å². The van der Waals surface area contributed by atoms with Crippen LogP contribution >= 0.6 is 22.7 Å². The van der Waals surface area contributed by atoms with Crippen LogP contribution < -0.4 is 5.32 Å². The van der Waals surface area contributed by atoms with Gasteiger partial charge in [-0.3, -0.25) is 4.68 Å². The fourth-order valence-electron chi connectivity index (χ4n) is 3.08. The number of pyridine rings is 1. The Labute approximate surface area is 166 Å². The Bertz CT molecular complexity index is 1060. The molecule has 0 radical (unpaired) electrons. The van der Waals surface area contributed by atoms with Crippen molar-refractivity contribution in [2.24, 2.45) is 0 Å². The highest BCUT2D eigenvalue weighted by Crippen LogP contribution is 2.39. The second-order valence-electron chi connectivity index (χ2n) is 6.05. The van der Waals surface area contributed by atoms with Gasteiger partial charge < -0.3 is 10.4 Å². The molecular formula is C19H25N5OS2. The zero-order valence-corrected chi connectivity index (χ0v) is 18.0. The number of aliphatic hydroxyl groups is 1. The largest absolute Gasteiger partial charge is 0.394 e. The van der Waals surface area contributed by atoms with E-state index in [2.05, 4.69) is 23.3 Å². The van der Waals surface area contributed by atoms with Crippen molar-refractivity contribution >= 4 is 48.9 Å². The van der Waals surface area contributed by atoms with Crippen LogP contribution in [0.15, 0.2) is 11.6 Å². The topological polar surface area (TPSA) is 75.9 Å². The number of thiophene rings is 1. The predicted molar refractivity (Wildman–Crippen MR) is 115 cm³/mol. The summed E-state index contributed by atoms with van der Waals surface area (Å²) >= 11 is 3.30. The number of hydrogen-bond acceptors (Lipinski definition) is 7. The Hall–Kier alpha value is -2.03. The third-order valence-corrected chi connectivity index (χ3v) is 6.24. The minimum Gasteiger partial charge on any atom is -0.394 e. The van der Waals surface area contributed by atoms with Crippen molar-refractivity contribution < 1.29 is 5.11 Å². The van der Waals surface area contributed by atoms with Crippen molar-refractivity contribution in [3.05, 3.63) is 33.4 Å². The fourth-order valence-corrected chi connectivity index (χ4v) is 5.05. The average molecular weight is 404 g/mol. The number of hydrogen-bond donors (Lipinski definition) is 2. The van der Waals surface area contributed by atoms with E-state index in [1.54, 1.807) is 22.7 Å². The molecule has 0 atom stereocenters. The van der Waals surface area contributed by atoms with E-state index in [-0.39, 0.29) is 6.61 Å². The molecule has 4 heterocycles. The lowest BCUT2D eigenvalue weighted by Crippen LogP contribution is -2.06. The zero-order valence-electron chi connectivity index (χ0n) is 16.3. The van der Waals surface area contributed by atoms with Gasteiger partial charge in [0.25, 0.3) is 0 Å². The smallest absolute Gasteiger partial charge is 0.166 e. The molecule has 4 aromatic heterocycles. The third-order valence-electron chi connectivity index (χ3n) is 4.23. The third kappa shape index (κ3) is 3.69. The molecule has 0 saturated heterocycles. The lowest BCUT2D eigenvalue weighted by molar-refractivity contribution is 0.272. The van der Waals surface area contributed by atoms with Crippen molar-refractivity contribution in [3.63, 3.8) is 0 Å². The van der Waals surface area contributed by atoms with Gasteiger partial charge in [0.05, 0.1) is 41.1 Å². The molecule has 2 N–H and O–H groups in total. The minimum atomic E-state index is 0.0554. The first-order valence-corrected chi connectivity index (χ1v) is 10.8. The number of aromatic nitrogens is 4. The number of thiazole rings is 1. The Morgan fingerprint density at radius 1 is 1.22 bits per heavy atom. The number of nitrogens with one attached hydrogen (secondary N) is 1. The molecule has 0 saturated carbocycles.